The molecule has 4 heterocycles. The number of likely N-dealkylation sites (N-methyl/N-ethyl adjacent to an activating group) is 1. The van der Waals surface area contributed by atoms with E-state index in [2.05, 4.69) is 31.4 Å². The van der Waals surface area contributed by atoms with E-state index in [-0.39, 0.29) is 0 Å². The minimum atomic E-state index is 0.439. The van der Waals surface area contributed by atoms with Crippen LogP contribution in [0.4, 0.5) is 5.95 Å². The van der Waals surface area contributed by atoms with Crippen molar-refractivity contribution in [2.45, 2.75) is 18.9 Å². The van der Waals surface area contributed by atoms with Crippen molar-refractivity contribution < 1.29 is 4.74 Å². The molecule has 2 aromatic heterocycles. The van der Waals surface area contributed by atoms with Gasteiger partial charge in [-0.05, 0) is 19.9 Å². The molecule has 0 saturated carbocycles. The number of hydrogen-bond donors (Lipinski definition) is 0. The summed E-state index contributed by atoms with van der Waals surface area (Å²) < 4.78 is 7.67. The largest absolute Gasteiger partial charge is 0.381 e. The lowest BCUT2D eigenvalue weighted by atomic mass is 10.1. The molecule has 0 radical (unpaired) electrons. The Morgan fingerprint density at radius 2 is 1.86 bits per heavy atom. The van der Waals surface area contributed by atoms with Crippen LogP contribution < -0.4 is 4.90 Å². The molecule has 0 aromatic carbocycles. The van der Waals surface area contributed by atoms with Gasteiger partial charge in [0.2, 0.25) is 5.95 Å². The van der Waals surface area contributed by atoms with Crippen molar-refractivity contribution in [2.75, 3.05) is 51.3 Å². The van der Waals surface area contributed by atoms with Crippen LogP contribution in [-0.4, -0.2) is 70.9 Å². The Morgan fingerprint density at radius 3 is 2.64 bits per heavy atom. The van der Waals surface area contributed by atoms with Crippen LogP contribution in [0.1, 0.15) is 18.9 Å². The number of nitrogens with zero attached hydrogens (tertiary/aromatic N) is 6. The van der Waals surface area contributed by atoms with Gasteiger partial charge in [0.1, 0.15) is 5.52 Å². The van der Waals surface area contributed by atoms with Crippen LogP contribution in [0, 0.1) is 0 Å². The smallest absolute Gasteiger partial charge is 0.227 e. The van der Waals surface area contributed by atoms with Gasteiger partial charge in [-0.2, -0.15) is 4.98 Å². The van der Waals surface area contributed by atoms with Crippen molar-refractivity contribution >= 4 is 17.1 Å². The quantitative estimate of drug-likeness (QED) is 0.822. The molecule has 2 aliphatic heterocycles. The van der Waals surface area contributed by atoms with Gasteiger partial charge in [-0.25, -0.2) is 9.97 Å². The van der Waals surface area contributed by atoms with E-state index in [0.29, 0.717) is 6.04 Å². The number of imidazole rings is 1. The summed E-state index contributed by atoms with van der Waals surface area (Å²) in [7, 11) is 2.15. The van der Waals surface area contributed by atoms with Crippen LogP contribution in [0.15, 0.2) is 12.5 Å². The Morgan fingerprint density at radius 1 is 1.09 bits per heavy atom. The Hall–Kier alpha value is -1.73. The summed E-state index contributed by atoms with van der Waals surface area (Å²) in [6.45, 7) is 5.71. The third-order valence-corrected chi connectivity index (χ3v) is 4.67. The highest BCUT2D eigenvalue weighted by molar-refractivity contribution is 5.71. The fraction of sp³-hybridized carbons (Fsp3) is 0.667. The normalized spacial score (nSPS) is 21.6. The van der Waals surface area contributed by atoms with Gasteiger partial charge in [-0.3, -0.25) is 0 Å². The van der Waals surface area contributed by atoms with Crippen molar-refractivity contribution in [3.63, 3.8) is 0 Å². The lowest BCUT2D eigenvalue weighted by molar-refractivity contribution is 0.0704. The number of piperazine rings is 1. The fourth-order valence-corrected chi connectivity index (χ4v) is 3.21. The van der Waals surface area contributed by atoms with Crippen molar-refractivity contribution in [3.05, 3.63) is 12.5 Å². The van der Waals surface area contributed by atoms with Crippen LogP contribution in [0.2, 0.25) is 0 Å². The second-order valence-electron chi connectivity index (χ2n) is 6.16. The zero-order chi connectivity index (χ0) is 14.9. The average molecular weight is 302 g/mol. The van der Waals surface area contributed by atoms with Crippen molar-refractivity contribution in [2.24, 2.45) is 0 Å². The zero-order valence-corrected chi connectivity index (χ0v) is 13.0. The van der Waals surface area contributed by atoms with E-state index in [1.807, 2.05) is 12.5 Å². The average Bonchev–Trinajstić information content (AvgIpc) is 2.99. The van der Waals surface area contributed by atoms with E-state index in [9.17, 15) is 0 Å². The van der Waals surface area contributed by atoms with Crippen LogP contribution in [0.3, 0.4) is 0 Å². The summed E-state index contributed by atoms with van der Waals surface area (Å²) in [5, 5.41) is 0. The number of hydrogen-bond acceptors (Lipinski definition) is 6. The summed E-state index contributed by atoms with van der Waals surface area (Å²) in [4.78, 5) is 18.4. The lowest BCUT2D eigenvalue weighted by Crippen LogP contribution is -2.45. The molecule has 4 rings (SSSR count). The maximum absolute atomic E-state index is 5.46. The Labute approximate surface area is 129 Å². The van der Waals surface area contributed by atoms with Crippen molar-refractivity contribution in [1.82, 2.24) is 24.4 Å². The third-order valence-electron chi connectivity index (χ3n) is 4.67. The van der Waals surface area contributed by atoms with Gasteiger partial charge >= 0.3 is 0 Å². The second-order valence-corrected chi connectivity index (χ2v) is 6.16. The second kappa shape index (κ2) is 5.81. The number of anilines is 1. The van der Waals surface area contributed by atoms with Crippen molar-refractivity contribution in [3.8, 4) is 0 Å². The number of aromatic nitrogens is 4. The van der Waals surface area contributed by atoms with Gasteiger partial charge in [0, 0.05) is 45.4 Å². The molecule has 0 atom stereocenters. The molecule has 0 aliphatic carbocycles. The standard InChI is InChI=1S/C15H22N6O/c1-19-4-6-20(7-5-19)15-16-10-13-14(18-15)21(11-17-13)12-2-8-22-9-3-12/h10-12H,2-9H2,1H3. The first-order valence-corrected chi connectivity index (χ1v) is 8.02. The van der Waals surface area contributed by atoms with Crippen molar-refractivity contribution in [1.29, 1.82) is 0 Å². The molecule has 2 saturated heterocycles. The molecule has 0 unspecified atom stereocenters. The van der Waals surface area contributed by atoms with E-state index in [1.54, 1.807) is 0 Å². The highest BCUT2D eigenvalue weighted by atomic mass is 16.5. The van der Waals surface area contributed by atoms with Gasteiger partial charge in [0.05, 0.1) is 12.5 Å². The molecular weight excluding hydrogens is 280 g/mol. The summed E-state index contributed by atoms with van der Waals surface area (Å²) in [6.07, 6.45) is 5.81. The maximum atomic E-state index is 5.46. The van der Waals surface area contributed by atoms with Crippen LogP contribution in [0.25, 0.3) is 11.2 Å². The predicted octanol–water partition coefficient (Wildman–Crippen LogP) is 0.930. The topological polar surface area (TPSA) is 59.3 Å². The molecule has 0 spiro atoms. The molecule has 0 bridgehead atoms. The summed E-state index contributed by atoms with van der Waals surface area (Å²) >= 11 is 0. The molecule has 7 nitrogen and oxygen atoms in total. The summed E-state index contributed by atoms with van der Waals surface area (Å²) in [5.41, 5.74) is 1.83. The zero-order valence-electron chi connectivity index (χ0n) is 13.0. The van der Waals surface area contributed by atoms with Crippen LogP contribution in [-0.2, 0) is 4.74 Å². The molecule has 22 heavy (non-hydrogen) atoms. The van der Waals surface area contributed by atoms with E-state index in [0.717, 1.165) is 69.3 Å². The lowest BCUT2D eigenvalue weighted by Gasteiger charge is -2.32. The Bertz CT molecular complexity index is 643. The van der Waals surface area contributed by atoms with E-state index in [4.69, 9.17) is 9.72 Å². The minimum absolute atomic E-state index is 0.439. The van der Waals surface area contributed by atoms with Gasteiger partial charge < -0.3 is 19.1 Å². The Balaban J connectivity index is 1.64. The number of fused-ring (bicyclic) bond motifs is 1. The molecule has 118 valence electrons. The molecule has 0 amide bonds. The monoisotopic (exact) mass is 302 g/mol. The van der Waals surface area contributed by atoms with Crippen LogP contribution >= 0.6 is 0 Å². The first kappa shape index (κ1) is 13.9. The molecular formula is C15H22N6O. The van der Waals surface area contributed by atoms with Gasteiger partial charge in [0.15, 0.2) is 5.65 Å². The highest BCUT2D eigenvalue weighted by Gasteiger charge is 2.21. The first-order chi connectivity index (χ1) is 10.8. The Kier molecular flexibility index (Phi) is 3.67. The molecule has 2 aliphatic rings. The number of ether oxygens (including phenoxy) is 1. The third kappa shape index (κ3) is 2.55. The predicted molar refractivity (Wildman–Crippen MR) is 84.1 cm³/mol. The van der Waals surface area contributed by atoms with E-state index in [1.165, 1.54) is 0 Å². The highest BCUT2D eigenvalue weighted by Crippen LogP contribution is 2.25. The molecule has 0 N–H and O–H groups in total. The first-order valence-electron chi connectivity index (χ1n) is 8.02. The summed E-state index contributed by atoms with van der Waals surface area (Å²) in [6, 6.07) is 0.439. The molecule has 7 heteroatoms. The fourth-order valence-electron chi connectivity index (χ4n) is 3.21. The minimum Gasteiger partial charge on any atom is -0.381 e. The summed E-state index contributed by atoms with van der Waals surface area (Å²) in [5.74, 6) is 0.828. The van der Waals surface area contributed by atoms with Crippen LogP contribution in [0.5, 0.6) is 0 Å². The maximum Gasteiger partial charge on any atom is 0.227 e. The number of rotatable bonds is 2. The molecule has 2 fully saturated rings. The van der Waals surface area contributed by atoms with Gasteiger partial charge in [-0.1, -0.05) is 0 Å². The van der Waals surface area contributed by atoms with Gasteiger partial charge in [0.25, 0.3) is 0 Å². The van der Waals surface area contributed by atoms with Gasteiger partial charge in [-0.15, -0.1) is 0 Å². The SMILES string of the molecule is CN1CCN(c2ncc3ncn(C4CCOCC4)c3n2)CC1. The molecule has 2 aromatic rings. The van der Waals surface area contributed by atoms with E-state index < -0.39 is 0 Å². The van der Waals surface area contributed by atoms with E-state index >= 15 is 0 Å².